The Labute approximate surface area is 141 Å². The van der Waals surface area contributed by atoms with Crippen molar-refractivity contribution in [2.75, 3.05) is 6.26 Å². The summed E-state index contributed by atoms with van der Waals surface area (Å²) in [4.78, 5) is 0. The summed E-state index contributed by atoms with van der Waals surface area (Å²) in [5.74, 6) is 1.57. The van der Waals surface area contributed by atoms with E-state index in [2.05, 4.69) is 39.3 Å². The molecule has 0 spiro atoms. The third-order valence-electron chi connectivity index (χ3n) is 6.88. The van der Waals surface area contributed by atoms with E-state index in [4.69, 9.17) is 0 Å². The molecule has 4 rings (SSSR count). The first-order valence-corrected chi connectivity index (χ1v) is 10.4. The standard InChI is InChI=1S/C19H35NOS/c1-13(7-17(3,4)22-5)20-14(2)18-8-15-6-16(9-18)11-19(21,10-15)12-18/h13-16,20-21H,6-12H2,1-5H3. The third-order valence-corrected chi connectivity index (χ3v) is 8.15. The second kappa shape index (κ2) is 5.67. The van der Waals surface area contributed by atoms with E-state index in [-0.39, 0.29) is 5.60 Å². The van der Waals surface area contributed by atoms with Gasteiger partial charge in [0.15, 0.2) is 0 Å². The molecule has 2 nitrogen and oxygen atoms in total. The van der Waals surface area contributed by atoms with Crippen LogP contribution < -0.4 is 5.32 Å². The van der Waals surface area contributed by atoms with Gasteiger partial charge in [-0.15, -0.1) is 0 Å². The van der Waals surface area contributed by atoms with Crippen LogP contribution in [0.4, 0.5) is 0 Å². The zero-order chi connectivity index (χ0) is 16.2. The van der Waals surface area contributed by atoms with Gasteiger partial charge in [0.2, 0.25) is 0 Å². The van der Waals surface area contributed by atoms with Gasteiger partial charge < -0.3 is 10.4 Å². The lowest BCUT2D eigenvalue weighted by atomic mass is 9.46. The van der Waals surface area contributed by atoms with Crippen LogP contribution in [-0.2, 0) is 0 Å². The van der Waals surface area contributed by atoms with Crippen molar-refractivity contribution in [3.63, 3.8) is 0 Å². The second-order valence-electron chi connectivity index (χ2n) is 9.51. The number of aliphatic hydroxyl groups is 1. The molecule has 128 valence electrons. The first-order chi connectivity index (χ1) is 10.2. The molecule has 4 aliphatic carbocycles. The monoisotopic (exact) mass is 325 g/mol. The largest absolute Gasteiger partial charge is 0.390 e. The summed E-state index contributed by atoms with van der Waals surface area (Å²) >= 11 is 1.96. The van der Waals surface area contributed by atoms with Gasteiger partial charge in [-0.3, -0.25) is 0 Å². The van der Waals surface area contributed by atoms with Gasteiger partial charge in [0, 0.05) is 16.8 Å². The van der Waals surface area contributed by atoms with Crippen molar-refractivity contribution in [1.82, 2.24) is 5.32 Å². The molecular formula is C19H35NOS. The minimum atomic E-state index is -0.332. The minimum absolute atomic E-state index is 0.332. The maximum Gasteiger partial charge on any atom is 0.0659 e. The second-order valence-corrected chi connectivity index (χ2v) is 11.0. The van der Waals surface area contributed by atoms with Crippen molar-refractivity contribution in [3.05, 3.63) is 0 Å². The molecule has 0 aliphatic heterocycles. The number of rotatable bonds is 6. The normalized spacial score (nSPS) is 43.4. The van der Waals surface area contributed by atoms with E-state index in [0.29, 0.717) is 22.2 Å². The van der Waals surface area contributed by atoms with Gasteiger partial charge in [0.05, 0.1) is 5.60 Å². The lowest BCUT2D eigenvalue weighted by molar-refractivity contribution is -0.172. The lowest BCUT2D eigenvalue weighted by Gasteiger charge is -2.62. The summed E-state index contributed by atoms with van der Waals surface area (Å²) in [6.45, 7) is 9.41. The summed E-state index contributed by atoms with van der Waals surface area (Å²) in [5.41, 5.74) is 0.0262. The molecule has 4 unspecified atom stereocenters. The highest BCUT2D eigenvalue weighted by molar-refractivity contribution is 7.99. The van der Waals surface area contributed by atoms with Gasteiger partial charge in [0.1, 0.15) is 0 Å². The van der Waals surface area contributed by atoms with Gasteiger partial charge in [0.25, 0.3) is 0 Å². The van der Waals surface area contributed by atoms with Crippen LogP contribution in [0.15, 0.2) is 0 Å². The van der Waals surface area contributed by atoms with Crippen molar-refractivity contribution in [3.8, 4) is 0 Å². The Morgan fingerprint density at radius 3 is 2.27 bits per heavy atom. The summed E-state index contributed by atoms with van der Waals surface area (Å²) in [5, 5.41) is 14.9. The molecule has 4 atom stereocenters. The fourth-order valence-corrected chi connectivity index (χ4v) is 6.69. The molecule has 0 aromatic heterocycles. The minimum Gasteiger partial charge on any atom is -0.390 e. The molecule has 0 amide bonds. The predicted octanol–water partition coefficient (Wildman–Crippen LogP) is 4.22. The SMILES string of the molecule is CSC(C)(C)CC(C)NC(C)C12CC3CC(CC(O)(C3)C1)C2. The van der Waals surface area contributed by atoms with Gasteiger partial charge >= 0.3 is 0 Å². The van der Waals surface area contributed by atoms with Gasteiger partial charge in [-0.05, 0) is 82.3 Å². The number of thioether (sulfide) groups is 1. The quantitative estimate of drug-likeness (QED) is 0.767. The van der Waals surface area contributed by atoms with Crippen molar-refractivity contribution in [1.29, 1.82) is 0 Å². The Kier molecular flexibility index (Phi) is 4.41. The topological polar surface area (TPSA) is 32.3 Å². The zero-order valence-electron chi connectivity index (χ0n) is 15.1. The molecule has 0 aromatic carbocycles. The van der Waals surface area contributed by atoms with Crippen LogP contribution in [-0.4, -0.2) is 33.8 Å². The van der Waals surface area contributed by atoms with Crippen LogP contribution in [0.3, 0.4) is 0 Å². The van der Waals surface area contributed by atoms with Gasteiger partial charge in [-0.25, -0.2) is 0 Å². The highest BCUT2D eigenvalue weighted by atomic mass is 32.2. The van der Waals surface area contributed by atoms with E-state index >= 15 is 0 Å². The van der Waals surface area contributed by atoms with Crippen molar-refractivity contribution >= 4 is 11.8 Å². The Morgan fingerprint density at radius 1 is 1.18 bits per heavy atom. The lowest BCUT2D eigenvalue weighted by Crippen LogP contribution is -2.62. The van der Waals surface area contributed by atoms with Crippen molar-refractivity contribution in [2.24, 2.45) is 17.3 Å². The van der Waals surface area contributed by atoms with Gasteiger partial charge in [-0.1, -0.05) is 13.8 Å². The van der Waals surface area contributed by atoms with Crippen LogP contribution in [0.1, 0.15) is 72.6 Å². The molecule has 4 saturated carbocycles. The predicted molar refractivity (Wildman–Crippen MR) is 96.3 cm³/mol. The Morgan fingerprint density at radius 2 is 1.77 bits per heavy atom. The molecule has 0 heterocycles. The molecular weight excluding hydrogens is 290 g/mol. The van der Waals surface area contributed by atoms with E-state index < -0.39 is 0 Å². The Balaban J connectivity index is 1.66. The van der Waals surface area contributed by atoms with Gasteiger partial charge in [-0.2, -0.15) is 11.8 Å². The molecule has 4 fully saturated rings. The summed E-state index contributed by atoms with van der Waals surface area (Å²) in [6.07, 6.45) is 10.7. The average Bonchev–Trinajstić information content (AvgIpc) is 2.34. The van der Waals surface area contributed by atoms with Crippen LogP contribution in [0, 0.1) is 17.3 Å². The maximum atomic E-state index is 10.9. The van der Waals surface area contributed by atoms with Crippen LogP contribution >= 0.6 is 11.8 Å². The third kappa shape index (κ3) is 3.23. The fourth-order valence-electron chi connectivity index (χ4n) is 6.27. The van der Waals surface area contributed by atoms with E-state index in [1.54, 1.807) is 0 Å². The molecule has 2 N–H and O–H groups in total. The molecule has 4 bridgehead atoms. The smallest absolute Gasteiger partial charge is 0.0659 e. The van der Waals surface area contributed by atoms with E-state index in [9.17, 15) is 5.11 Å². The molecule has 0 aromatic rings. The highest BCUT2D eigenvalue weighted by Crippen LogP contribution is 2.62. The molecule has 22 heavy (non-hydrogen) atoms. The number of hydrogen-bond acceptors (Lipinski definition) is 3. The molecule has 0 saturated heterocycles. The first kappa shape index (κ1) is 17.1. The van der Waals surface area contributed by atoms with Crippen LogP contribution in [0.2, 0.25) is 0 Å². The molecule has 0 radical (unpaired) electrons. The zero-order valence-corrected chi connectivity index (χ0v) is 15.9. The highest BCUT2D eigenvalue weighted by Gasteiger charge is 2.58. The number of nitrogens with one attached hydrogen (secondary N) is 1. The summed E-state index contributed by atoms with van der Waals surface area (Å²) in [7, 11) is 0. The first-order valence-electron chi connectivity index (χ1n) is 9.19. The summed E-state index contributed by atoms with van der Waals surface area (Å²) in [6, 6.07) is 1.07. The Hall–Kier alpha value is 0.270. The number of hydrogen-bond donors (Lipinski definition) is 2. The van der Waals surface area contributed by atoms with Crippen molar-refractivity contribution < 1.29 is 5.11 Å². The Bertz CT molecular complexity index is 408. The van der Waals surface area contributed by atoms with E-state index in [1.165, 1.54) is 25.7 Å². The average molecular weight is 326 g/mol. The van der Waals surface area contributed by atoms with E-state index in [1.807, 2.05) is 11.8 Å². The maximum absolute atomic E-state index is 10.9. The molecule has 4 aliphatic rings. The fraction of sp³-hybridized carbons (Fsp3) is 1.00. The van der Waals surface area contributed by atoms with Crippen molar-refractivity contribution in [2.45, 2.75) is 95.1 Å². The molecule has 3 heteroatoms. The van der Waals surface area contributed by atoms with Crippen LogP contribution in [0.25, 0.3) is 0 Å². The van der Waals surface area contributed by atoms with E-state index in [0.717, 1.165) is 31.1 Å². The van der Waals surface area contributed by atoms with Crippen LogP contribution in [0.5, 0.6) is 0 Å². The summed E-state index contributed by atoms with van der Waals surface area (Å²) < 4.78 is 0.339.